The second kappa shape index (κ2) is 6.89. The summed E-state index contributed by atoms with van der Waals surface area (Å²) in [5.74, 6) is -1.42. The van der Waals surface area contributed by atoms with Crippen molar-refractivity contribution in [3.05, 3.63) is 41.5 Å². The molecule has 1 aromatic carbocycles. The topological polar surface area (TPSA) is 72.9 Å². The summed E-state index contributed by atoms with van der Waals surface area (Å²) in [5, 5.41) is 0. The molecule has 1 aliphatic heterocycles. The lowest BCUT2D eigenvalue weighted by Crippen LogP contribution is -2.31. The van der Waals surface area contributed by atoms with E-state index in [-0.39, 0.29) is 25.7 Å². The van der Waals surface area contributed by atoms with Crippen LogP contribution >= 0.6 is 0 Å². The number of esters is 2. The Bertz CT molecular complexity index is 635. The average Bonchev–Trinajstić information content (AvgIpc) is 2.74. The summed E-state index contributed by atoms with van der Waals surface area (Å²) in [6.07, 6.45) is 1.23. The van der Waals surface area contributed by atoms with E-state index in [9.17, 15) is 14.4 Å². The Morgan fingerprint density at radius 1 is 1.09 bits per heavy atom. The second-order valence-corrected chi connectivity index (χ2v) is 4.52. The Kier molecular flexibility index (Phi) is 4.93. The van der Waals surface area contributed by atoms with Gasteiger partial charge in [0.2, 0.25) is 0 Å². The predicted molar refractivity (Wildman–Crippen MR) is 78.7 cm³/mol. The molecule has 22 heavy (non-hydrogen) atoms. The molecule has 0 aliphatic carbocycles. The van der Waals surface area contributed by atoms with Crippen molar-refractivity contribution in [1.82, 2.24) is 4.90 Å². The second-order valence-electron chi connectivity index (χ2n) is 4.52. The molecule has 1 heterocycles. The van der Waals surface area contributed by atoms with Crippen LogP contribution in [-0.4, -0.2) is 42.5 Å². The monoisotopic (exact) mass is 303 g/mol. The van der Waals surface area contributed by atoms with E-state index in [2.05, 4.69) is 0 Å². The van der Waals surface area contributed by atoms with Crippen molar-refractivity contribution in [2.75, 3.05) is 19.8 Å². The molecule has 2 rings (SSSR count). The molecule has 0 N–H and O–H groups in total. The van der Waals surface area contributed by atoms with Gasteiger partial charge < -0.3 is 9.47 Å². The quantitative estimate of drug-likeness (QED) is 0.610. The molecule has 0 atom stereocenters. The van der Waals surface area contributed by atoms with Gasteiger partial charge in [0, 0.05) is 17.2 Å². The summed E-state index contributed by atoms with van der Waals surface area (Å²) >= 11 is 0. The molecule has 0 saturated heterocycles. The van der Waals surface area contributed by atoms with E-state index in [1.807, 2.05) is 0 Å². The number of carbonyl (C=O) groups excluding carboxylic acids is 3. The zero-order chi connectivity index (χ0) is 16.1. The van der Waals surface area contributed by atoms with Crippen LogP contribution in [0.5, 0.6) is 0 Å². The molecular formula is C16H17NO5. The highest BCUT2D eigenvalue weighted by molar-refractivity contribution is 6.12. The third-order valence-corrected chi connectivity index (χ3v) is 3.10. The Balaban J connectivity index is 2.37. The van der Waals surface area contributed by atoms with Gasteiger partial charge in [-0.3, -0.25) is 14.5 Å². The Labute approximate surface area is 128 Å². The molecule has 0 saturated carbocycles. The van der Waals surface area contributed by atoms with E-state index in [1.54, 1.807) is 38.1 Å². The molecule has 1 aliphatic rings. The molecule has 0 aromatic heterocycles. The van der Waals surface area contributed by atoms with Crippen molar-refractivity contribution in [3.8, 4) is 0 Å². The molecular weight excluding hydrogens is 286 g/mol. The number of benzene rings is 1. The number of fused-ring (bicyclic) bond motifs is 1. The fourth-order valence-corrected chi connectivity index (χ4v) is 2.24. The highest BCUT2D eigenvalue weighted by atomic mass is 16.5. The lowest BCUT2D eigenvalue weighted by Gasteiger charge is -2.17. The van der Waals surface area contributed by atoms with Crippen molar-refractivity contribution >= 4 is 23.5 Å². The highest BCUT2D eigenvalue weighted by Gasteiger charge is 2.34. The SMILES string of the molecule is CCOC(=O)/C=C1\c2ccccc2C(=O)N1CC(=O)OCC. The van der Waals surface area contributed by atoms with Crippen LogP contribution < -0.4 is 0 Å². The van der Waals surface area contributed by atoms with Crippen LogP contribution in [0.1, 0.15) is 29.8 Å². The Morgan fingerprint density at radius 3 is 2.36 bits per heavy atom. The lowest BCUT2D eigenvalue weighted by atomic mass is 10.1. The fourth-order valence-electron chi connectivity index (χ4n) is 2.24. The third-order valence-electron chi connectivity index (χ3n) is 3.10. The van der Waals surface area contributed by atoms with Crippen LogP contribution in [0.4, 0.5) is 0 Å². The number of amides is 1. The standard InChI is InChI=1S/C16H17NO5/c1-3-21-14(18)9-13-11-7-5-6-8-12(11)16(20)17(13)10-15(19)22-4-2/h5-9H,3-4,10H2,1-2H3/b13-9+. The highest BCUT2D eigenvalue weighted by Crippen LogP contribution is 2.32. The molecule has 0 fully saturated rings. The van der Waals surface area contributed by atoms with Crippen molar-refractivity contribution in [1.29, 1.82) is 0 Å². The number of hydrogen-bond donors (Lipinski definition) is 0. The number of nitrogens with zero attached hydrogens (tertiary/aromatic N) is 1. The summed E-state index contributed by atoms with van der Waals surface area (Å²) in [5.41, 5.74) is 1.40. The minimum atomic E-state index is -0.559. The van der Waals surface area contributed by atoms with E-state index < -0.39 is 11.9 Å². The van der Waals surface area contributed by atoms with E-state index in [0.717, 1.165) is 0 Å². The van der Waals surface area contributed by atoms with Crippen LogP contribution in [0.15, 0.2) is 30.3 Å². The molecule has 0 spiro atoms. The summed E-state index contributed by atoms with van der Waals surface area (Å²) in [7, 11) is 0. The third kappa shape index (κ3) is 3.16. The van der Waals surface area contributed by atoms with Gasteiger partial charge in [0.05, 0.1) is 18.9 Å². The average molecular weight is 303 g/mol. The van der Waals surface area contributed by atoms with Crippen LogP contribution in [0.2, 0.25) is 0 Å². The van der Waals surface area contributed by atoms with Crippen LogP contribution in [0.3, 0.4) is 0 Å². The molecule has 1 amide bonds. The summed E-state index contributed by atoms with van der Waals surface area (Å²) < 4.78 is 9.76. The summed E-state index contributed by atoms with van der Waals surface area (Å²) in [6.45, 7) is 3.60. The molecule has 1 aromatic rings. The van der Waals surface area contributed by atoms with E-state index in [0.29, 0.717) is 16.8 Å². The smallest absolute Gasteiger partial charge is 0.332 e. The van der Waals surface area contributed by atoms with E-state index in [4.69, 9.17) is 9.47 Å². The molecule has 116 valence electrons. The van der Waals surface area contributed by atoms with Crippen molar-refractivity contribution in [3.63, 3.8) is 0 Å². The molecule has 0 bridgehead atoms. The number of carbonyl (C=O) groups is 3. The lowest BCUT2D eigenvalue weighted by molar-refractivity contribution is -0.143. The van der Waals surface area contributed by atoms with Gasteiger partial charge in [0.15, 0.2) is 0 Å². The first-order valence-corrected chi connectivity index (χ1v) is 7.03. The zero-order valence-corrected chi connectivity index (χ0v) is 12.5. The molecule has 0 radical (unpaired) electrons. The van der Waals surface area contributed by atoms with Gasteiger partial charge in [0.25, 0.3) is 5.91 Å². The van der Waals surface area contributed by atoms with Crippen molar-refractivity contribution < 1.29 is 23.9 Å². The Morgan fingerprint density at radius 2 is 1.73 bits per heavy atom. The molecule has 0 unspecified atom stereocenters. The van der Waals surface area contributed by atoms with Crippen LogP contribution in [0, 0.1) is 0 Å². The van der Waals surface area contributed by atoms with Crippen molar-refractivity contribution in [2.24, 2.45) is 0 Å². The summed E-state index contributed by atoms with van der Waals surface area (Å²) in [4.78, 5) is 37.1. The Hall–Kier alpha value is -2.63. The maximum absolute atomic E-state index is 12.4. The van der Waals surface area contributed by atoms with E-state index >= 15 is 0 Å². The maximum atomic E-state index is 12.4. The zero-order valence-electron chi connectivity index (χ0n) is 12.5. The largest absolute Gasteiger partial charge is 0.465 e. The van der Waals surface area contributed by atoms with Gasteiger partial charge in [0.1, 0.15) is 6.54 Å². The molecule has 6 nitrogen and oxygen atoms in total. The van der Waals surface area contributed by atoms with Crippen molar-refractivity contribution in [2.45, 2.75) is 13.8 Å². The number of rotatable bonds is 5. The van der Waals surface area contributed by atoms with Gasteiger partial charge in [-0.05, 0) is 19.9 Å². The normalized spacial score (nSPS) is 14.9. The van der Waals surface area contributed by atoms with Crippen LogP contribution in [-0.2, 0) is 19.1 Å². The fraction of sp³-hybridized carbons (Fsp3) is 0.312. The minimum Gasteiger partial charge on any atom is -0.465 e. The minimum absolute atomic E-state index is 0.227. The van der Waals surface area contributed by atoms with Crippen LogP contribution in [0.25, 0.3) is 5.70 Å². The van der Waals surface area contributed by atoms with Gasteiger partial charge in [-0.2, -0.15) is 0 Å². The van der Waals surface area contributed by atoms with Gasteiger partial charge in [-0.15, -0.1) is 0 Å². The maximum Gasteiger partial charge on any atom is 0.332 e. The van der Waals surface area contributed by atoms with Gasteiger partial charge in [-0.25, -0.2) is 4.79 Å². The van der Waals surface area contributed by atoms with Gasteiger partial charge >= 0.3 is 11.9 Å². The first-order chi connectivity index (χ1) is 10.6. The summed E-state index contributed by atoms with van der Waals surface area (Å²) in [6, 6.07) is 6.87. The molecule has 6 heteroatoms. The van der Waals surface area contributed by atoms with E-state index in [1.165, 1.54) is 11.0 Å². The first kappa shape index (κ1) is 15.8. The predicted octanol–water partition coefficient (Wildman–Crippen LogP) is 1.61. The number of hydrogen-bond acceptors (Lipinski definition) is 5. The first-order valence-electron chi connectivity index (χ1n) is 7.03. The number of ether oxygens (including phenoxy) is 2. The van der Waals surface area contributed by atoms with Gasteiger partial charge in [-0.1, -0.05) is 18.2 Å².